The Morgan fingerprint density at radius 1 is 1.12 bits per heavy atom. The summed E-state index contributed by atoms with van der Waals surface area (Å²) in [5, 5.41) is 1.95. The van der Waals surface area contributed by atoms with Crippen molar-refractivity contribution in [3.8, 4) is 11.5 Å². The minimum Gasteiger partial charge on any atom is -0.454 e. The Hall–Kier alpha value is -1.57. The van der Waals surface area contributed by atoms with Gasteiger partial charge in [0.1, 0.15) is 0 Å². The van der Waals surface area contributed by atoms with Crippen LogP contribution in [-0.4, -0.2) is 48.7 Å². The van der Waals surface area contributed by atoms with Crippen LogP contribution in [0.2, 0.25) is 0 Å². The predicted molar refractivity (Wildman–Crippen MR) is 95.8 cm³/mol. The smallest absolute Gasteiger partial charge is 0.264 e. The van der Waals surface area contributed by atoms with E-state index >= 15 is 0 Å². The number of hydrogen-bond acceptors (Lipinski definition) is 5. The minimum atomic E-state index is 0.133. The van der Waals surface area contributed by atoms with Crippen LogP contribution in [0.5, 0.6) is 11.5 Å². The second kappa shape index (κ2) is 6.74. The molecule has 0 atom stereocenters. The van der Waals surface area contributed by atoms with Crippen molar-refractivity contribution in [3.63, 3.8) is 0 Å². The molecule has 1 fully saturated rings. The SMILES string of the molecule is O=C(c1cc(Br)cs1)N1CCN(Cc2ccc3c(c2)OCO3)CC1. The summed E-state index contributed by atoms with van der Waals surface area (Å²) in [4.78, 5) is 17.6. The molecule has 1 aromatic carbocycles. The number of nitrogens with zero attached hydrogens (tertiary/aromatic N) is 2. The lowest BCUT2D eigenvalue weighted by molar-refractivity contribution is 0.0633. The van der Waals surface area contributed by atoms with Crippen molar-refractivity contribution in [2.24, 2.45) is 0 Å². The summed E-state index contributed by atoms with van der Waals surface area (Å²) in [6.45, 7) is 4.46. The van der Waals surface area contributed by atoms with E-state index in [9.17, 15) is 4.79 Å². The number of ether oxygens (including phenoxy) is 2. The highest BCUT2D eigenvalue weighted by Gasteiger charge is 2.23. The fraction of sp³-hybridized carbons (Fsp3) is 0.353. The summed E-state index contributed by atoms with van der Waals surface area (Å²) in [5.41, 5.74) is 1.21. The minimum absolute atomic E-state index is 0.133. The Bertz CT molecular complexity index is 756. The first-order valence-corrected chi connectivity index (χ1v) is 9.50. The van der Waals surface area contributed by atoms with Gasteiger partial charge in [0, 0.05) is 42.6 Å². The van der Waals surface area contributed by atoms with Gasteiger partial charge in [-0.05, 0) is 39.7 Å². The zero-order valence-corrected chi connectivity index (χ0v) is 15.4. The molecule has 1 amide bonds. The van der Waals surface area contributed by atoms with Crippen LogP contribution in [-0.2, 0) is 6.54 Å². The Kier molecular flexibility index (Phi) is 4.47. The number of amides is 1. The molecule has 2 aromatic rings. The Morgan fingerprint density at radius 2 is 1.92 bits per heavy atom. The number of piperazine rings is 1. The van der Waals surface area contributed by atoms with Crippen molar-refractivity contribution < 1.29 is 14.3 Å². The number of carbonyl (C=O) groups is 1. The molecule has 2 aliphatic rings. The molecule has 126 valence electrons. The molecule has 3 heterocycles. The zero-order valence-electron chi connectivity index (χ0n) is 13.0. The molecule has 0 N–H and O–H groups in total. The number of benzene rings is 1. The lowest BCUT2D eigenvalue weighted by atomic mass is 10.1. The van der Waals surface area contributed by atoms with E-state index in [0.717, 1.165) is 53.6 Å². The lowest BCUT2D eigenvalue weighted by Crippen LogP contribution is -2.48. The number of hydrogen-bond donors (Lipinski definition) is 0. The quantitative estimate of drug-likeness (QED) is 0.781. The van der Waals surface area contributed by atoms with E-state index in [2.05, 4.69) is 26.9 Å². The van der Waals surface area contributed by atoms with Gasteiger partial charge in [0.2, 0.25) is 6.79 Å². The first-order chi connectivity index (χ1) is 11.7. The summed E-state index contributed by atoms with van der Waals surface area (Å²) in [6.07, 6.45) is 0. The molecule has 5 nitrogen and oxygen atoms in total. The van der Waals surface area contributed by atoms with Gasteiger partial charge in [-0.25, -0.2) is 0 Å². The summed E-state index contributed by atoms with van der Waals surface area (Å²) < 4.78 is 11.7. The molecule has 0 saturated carbocycles. The molecule has 24 heavy (non-hydrogen) atoms. The first-order valence-electron chi connectivity index (χ1n) is 7.83. The van der Waals surface area contributed by atoms with Gasteiger partial charge >= 0.3 is 0 Å². The van der Waals surface area contributed by atoms with Crippen molar-refractivity contribution in [2.75, 3.05) is 33.0 Å². The topological polar surface area (TPSA) is 42.0 Å². The highest BCUT2D eigenvalue weighted by atomic mass is 79.9. The second-order valence-corrected chi connectivity index (χ2v) is 7.71. The van der Waals surface area contributed by atoms with E-state index in [0.29, 0.717) is 6.79 Å². The van der Waals surface area contributed by atoms with Crippen molar-refractivity contribution in [1.29, 1.82) is 0 Å². The lowest BCUT2D eigenvalue weighted by Gasteiger charge is -2.34. The maximum Gasteiger partial charge on any atom is 0.264 e. The van der Waals surface area contributed by atoms with Crippen molar-refractivity contribution in [1.82, 2.24) is 9.80 Å². The summed E-state index contributed by atoms with van der Waals surface area (Å²) in [7, 11) is 0. The molecule has 0 unspecified atom stereocenters. The first kappa shape index (κ1) is 15.9. The van der Waals surface area contributed by atoms with Gasteiger partial charge in [0.25, 0.3) is 5.91 Å². The third-order valence-electron chi connectivity index (χ3n) is 4.28. The number of thiophene rings is 1. The number of rotatable bonds is 3. The Balaban J connectivity index is 1.34. The van der Waals surface area contributed by atoms with E-state index in [1.165, 1.54) is 16.9 Å². The molecular weight excluding hydrogens is 392 g/mol. The van der Waals surface area contributed by atoms with Crippen LogP contribution in [0.3, 0.4) is 0 Å². The molecule has 0 radical (unpaired) electrons. The van der Waals surface area contributed by atoms with Crippen molar-refractivity contribution in [3.05, 3.63) is 44.6 Å². The number of halogens is 1. The van der Waals surface area contributed by atoms with Crippen molar-refractivity contribution in [2.45, 2.75) is 6.54 Å². The normalized spacial score (nSPS) is 17.3. The van der Waals surface area contributed by atoms with Gasteiger partial charge in [-0.1, -0.05) is 6.07 Å². The standard InChI is InChI=1S/C17H17BrN2O3S/c18-13-8-16(24-10-13)17(21)20-5-3-19(4-6-20)9-12-1-2-14-15(7-12)23-11-22-14/h1-2,7-8,10H,3-6,9,11H2. The molecule has 1 saturated heterocycles. The van der Waals surface area contributed by atoms with Gasteiger partial charge in [0.05, 0.1) is 4.88 Å². The van der Waals surface area contributed by atoms with E-state index in [1.807, 2.05) is 28.5 Å². The van der Waals surface area contributed by atoms with Crippen LogP contribution < -0.4 is 9.47 Å². The average Bonchev–Trinajstić information content (AvgIpc) is 3.23. The average molecular weight is 409 g/mol. The highest BCUT2D eigenvalue weighted by Crippen LogP contribution is 2.33. The van der Waals surface area contributed by atoms with Gasteiger partial charge in [-0.15, -0.1) is 11.3 Å². The molecule has 4 rings (SSSR count). The van der Waals surface area contributed by atoms with Crippen molar-refractivity contribution >= 4 is 33.2 Å². The maximum absolute atomic E-state index is 12.5. The fourth-order valence-electron chi connectivity index (χ4n) is 2.99. The summed E-state index contributed by atoms with van der Waals surface area (Å²) in [5.74, 6) is 1.77. The third-order valence-corrected chi connectivity index (χ3v) is 5.96. The van der Waals surface area contributed by atoms with Crippen LogP contribution in [0.15, 0.2) is 34.1 Å². The van der Waals surface area contributed by atoms with Gasteiger partial charge in [-0.2, -0.15) is 0 Å². The predicted octanol–water partition coefficient (Wildman–Crippen LogP) is 3.20. The summed E-state index contributed by atoms with van der Waals surface area (Å²) >= 11 is 4.89. The van der Waals surface area contributed by atoms with Crippen LogP contribution in [0.1, 0.15) is 15.2 Å². The zero-order chi connectivity index (χ0) is 16.5. The van der Waals surface area contributed by atoms with E-state index in [4.69, 9.17) is 9.47 Å². The number of carbonyl (C=O) groups excluding carboxylic acids is 1. The fourth-order valence-corrected chi connectivity index (χ4v) is 4.38. The highest BCUT2D eigenvalue weighted by molar-refractivity contribution is 9.10. The molecule has 7 heteroatoms. The van der Waals surface area contributed by atoms with Crippen LogP contribution in [0.4, 0.5) is 0 Å². The Morgan fingerprint density at radius 3 is 2.67 bits per heavy atom. The molecule has 0 spiro atoms. The molecular formula is C17H17BrN2O3S. The van der Waals surface area contributed by atoms with Crippen LogP contribution >= 0.6 is 27.3 Å². The van der Waals surface area contributed by atoms with Crippen LogP contribution in [0.25, 0.3) is 0 Å². The molecule has 2 aliphatic heterocycles. The second-order valence-electron chi connectivity index (χ2n) is 5.89. The van der Waals surface area contributed by atoms with E-state index < -0.39 is 0 Å². The molecule has 0 bridgehead atoms. The van der Waals surface area contributed by atoms with Gasteiger partial charge in [-0.3, -0.25) is 9.69 Å². The monoisotopic (exact) mass is 408 g/mol. The van der Waals surface area contributed by atoms with Gasteiger partial charge < -0.3 is 14.4 Å². The molecule has 1 aromatic heterocycles. The third kappa shape index (κ3) is 3.29. The molecule has 0 aliphatic carbocycles. The largest absolute Gasteiger partial charge is 0.454 e. The van der Waals surface area contributed by atoms with Gasteiger partial charge in [0.15, 0.2) is 11.5 Å². The van der Waals surface area contributed by atoms with E-state index in [-0.39, 0.29) is 5.91 Å². The Labute approximate surface area is 152 Å². The number of fused-ring (bicyclic) bond motifs is 1. The maximum atomic E-state index is 12.5. The van der Waals surface area contributed by atoms with E-state index in [1.54, 1.807) is 0 Å². The van der Waals surface area contributed by atoms with Crippen LogP contribution in [0, 0.1) is 0 Å². The summed E-state index contributed by atoms with van der Waals surface area (Å²) in [6, 6.07) is 7.98.